The Kier molecular flexibility index (Phi) is 4.34. The standard InChI is InChI=1S/C15H19N3O/c1-4-12-6-8-13(9-7-12)19-14-11(3)10-17-15(18-14)16-5-2/h6-10H,4-5H2,1-3H3,(H,16,17,18). The molecule has 4 heteroatoms. The van der Waals surface area contributed by atoms with Gasteiger partial charge in [0, 0.05) is 18.3 Å². The Balaban J connectivity index is 2.18. The lowest BCUT2D eigenvalue weighted by Crippen LogP contribution is -2.03. The van der Waals surface area contributed by atoms with E-state index in [9.17, 15) is 0 Å². The van der Waals surface area contributed by atoms with Crippen LogP contribution in [-0.4, -0.2) is 16.5 Å². The minimum Gasteiger partial charge on any atom is -0.439 e. The monoisotopic (exact) mass is 257 g/mol. The van der Waals surface area contributed by atoms with Crippen LogP contribution in [0.1, 0.15) is 25.0 Å². The van der Waals surface area contributed by atoms with E-state index in [2.05, 4.69) is 34.3 Å². The van der Waals surface area contributed by atoms with E-state index in [0.717, 1.165) is 24.3 Å². The normalized spacial score (nSPS) is 10.3. The number of ether oxygens (including phenoxy) is 1. The van der Waals surface area contributed by atoms with Gasteiger partial charge in [0.1, 0.15) is 5.75 Å². The molecule has 1 aromatic carbocycles. The molecule has 0 atom stereocenters. The Morgan fingerprint density at radius 2 is 1.89 bits per heavy atom. The van der Waals surface area contributed by atoms with Crippen LogP contribution in [0.3, 0.4) is 0 Å². The number of anilines is 1. The number of benzene rings is 1. The molecular formula is C15H19N3O. The molecule has 4 nitrogen and oxygen atoms in total. The van der Waals surface area contributed by atoms with E-state index >= 15 is 0 Å². The molecule has 1 heterocycles. The molecule has 0 fully saturated rings. The van der Waals surface area contributed by atoms with Crippen molar-refractivity contribution in [1.82, 2.24) is 9.97 Å². The summed E-state index contributed by atoms with van der Waals surface area (Å²) in [6.45, 7) is 6.86. The van der Waals surface area contributed by atoms with Crippen LogP contribution in [0.4, 0.5) is 5.95 Å². The van der Waals surface area contributed by atoms with Crippen LogP contribution in [0.15, 0.2) is 30.5 Å². The van der Waals surface area contributed by atoms with E-state index in [0.29, 0.717) is 11.8 Å². The summed E-state index contributed by atoms with van der Waals surface area (Å²) < 4.78 is 5.80. The summed E-state index contributed by atoms with van der Waals surface area (Å²) >= 11 is 0. The summed E-state index contributed by atoms with van der Waals surface area (Å²) in [7, 11) is 0. The molecule has 0 amide bonds. The second-order valence-electron chi connectivity index (χ2n) is 4.31. The van der Waals surface area contributed by atoms with Crippen molar-refractivity contribution in [2.75, 3.05) is 11.9 Å². The summed E-state index contributed by atoms with van der Waals surface area (Å²) in [4.78, 5) is 8.55. The fourth-order valence-corrected chi connectivity index (χ4v) is 1.68. The van der Waals surface area contributed by atoms with Gasteiger partial charge in [-0.2, -0.15) is 4.98 Å². The molecule has 2 rings (SSSR count). The number of aromatic nitrogens is 2. The minimum atomic E-state index is 0.591. The van der Waals surface area contributed by atoms with Gasteiger partial charge in [0.25, 0.3) is 0 Å². The molecule has 0 aliphatic rings. The Bertz CT molecular complexity index is 538. The van der Waals surface area contributed by atoms with Crippen molar-refractivity contribution in [3.05, 3.63) is 41.6 Å². The third-order valence-electron chi connectivity index (χ3n) is 2.81. The third-order valence-corrected chi connectivity index (χ3v) is 2.81. The topological polar surface area (TPSA) is 47.0 Å². The van der Waals surface area contributed by atoms with Gasteiger partial charge in [-0.1, -0.05) is 19.1 Å². The van der Waals surface area contributed by atoms with E-state index in [4.69, 9.17) is 4.74 Å². The van der Waals surface area contributed by atoms with Crippen molar-refractivity contribution in [2.45, 2.75) is 27.2 Å². The molecule has 0 saturated carbocycles. The number of nitrogens with zero attached hydrogens (tertiary/aromatic N) is 2. The zero-order valence-corrected chi connectivity index (χ0v) is 11.6. The van der Waals surface area contributed by atoms with Crippen LogP contribution in [0, 0.1) is 6.92 Å². The van der Waals surface area contributed by atoms with Gasteiger partial charge >= 0.3 is 0 Å². The average molecular weight is 257 g/mol. The maximum atomic E-state index is 5.80. The molecule has 0 aliphatic carbocycles. The Labute approximate surface area is 113 Å². The van der Waals surface area contributed by atoms with Gasteiger partial charge in [-0.15, -0.1) is 0 Å². The third kappa shape index (κ3) is 3.44. The Hall–Kier alpha value is -2.10. The predicted molar refractivity (Wildman–Crippen MR) is 76.8 cm³/mol. The van der Waals surface area contributed by atoms with Crippen LogP contribution in [0.5, 0.6) is 11.6 Å². The summed E-state index contributed by atoms with van der Waals surface area (Å²) in [5.74, 6) is 1.98. The molecular weight excluding hydrogens is 238 g/mol. The highest BCUT2D eigenvalue weighted by atomic mass is 16.5. The maximum Gasteiger partial charge on any atom is 0.226 e. The summed E-state index contributed by atoms with van der Waals surface area (Å²) in [6, 6.07) is 8.06. The van der Waals surface area contributed by atoms with E-state index in [1.807, 2.05) is 26.0 Å². The molecule has 0 saturated heterocycles. The first kappa shape index (κ1) is 13.3. The van der Waals surface area contributed by atoms with Crippen molar-refractivity contribution >= 4 is 5.95 Å². The van der Waals surface area contributed by atoms with Crippen molar-refractivity contribution in [1.29, 1.82) is 0 Å². The fourth-order valence-electron chi connectivity index (χ4n) is 1.68. The number of hydrogen-bond donors (Lipinski definition) is 1. The molecule has 0 aliphatic heterocycles. The van der Waals surface area contributed by atoms with Crippen LogP contribution in [0.2, 0.25) is 0 Å². The fraction of sp³-hybridized carbons (Fsp3) is 0.333. The zero-order valence-electron chi connectivity index (χ0n) is 11.6. The highest BCUT2D eigenvalue weighted by molar-refractivity contribution is 5.36. The van der Waals surface area contributed by atoms with Gasteiger partial charge in [-0.05, 0) is 38.0 Å². The van der Waals surface area contributed by atoms with Crippen molar-refractivity contribution in [2.24, 2.45) is 0 Å². The van der Waals surface area contributed by atoms with Gasteiger partial charge in [0.15, 0.2) is 0 Å². The number of hydrogen-bond acceptors (Lipinski definition) is 4. The Morgan fingerprint density at radius 1 is 1.16 bits per heavy atom. The average Bonchev–Trinajstić information content (AvgIpc) is 2.44. The quantitative estimate of drug-likeness (QED) is 0.889. The van der Waals surface area contributed by atoms with Crippen LogP contribution >= 0.6 is 0 Å². The van der Waals surface area contributed by atoms with E-state index in [1.165, 1.54) is 5.56 Å². The number of nitrogens with one attached hydrogen (secondary N) is 1. The van der Waals surface area contributed by atoms with E-state index in [-0.39, 0.29) is 0 Å². The van der Waals surface area contributed by atoms with Gasteiger partial charge in [-0.25, -0.2) is 4.98 Å². The van der Waals surface area contributed by atoms with Crippen molar-refractivity contribution in [3.8, 4) is 11.6 Å². The van der Waals surface area contributed by atoms with Gasteiger partial charge in [-0.3, -0.25) is 0 Å². The molecule has 0 bridgehead atoms. The number of aryl methyl sites for hydroxylation is 2. The second-order valence-corrected chi connectivity index (χ2v) is 4.31. The lowest BCUT2D eigenvalue weighted by molar-refractivity contribution is 0.458. The molecule has 0 radical (unpaired) electrons. The number of rotatable bonds is 5. The molecule has 0 spiro atoms. The first-order valence-electron chi connectivity index (χ1n) is 6.57. The van der Waals surface area contributed by atoms with Crippen LogP contribution < -0.4 is 10.1 Å². The summed E-state index contributed by atoms with van der Waals surface area (Å²) in [6.07, 6.45) is 2.79. The molecule has 1 aromatic heterocycles. The van der Waals surface area contributed by atoms with Crippen LogP contribution in [-0.2, 0) is 6.42 Å². The maximum absolute atomic E-state index is 5.80. The smallest absolute Gasteiger partial charge is 0.226 e. The van der Waals surface area contributed by atoms with Crippen molar-refractivity contribution in [3.63, 3.8) is 0 Å². The van der Waals surface area contributed by atoms with Crippen LogP contribution in [0.25, 0.3) is 0 Å². The van der Waals surface area contributed by atoms with Crippen molar-refractivity contribution < 1.29 is 4.74 Å². The lowest BCUT2D eigenvalue weighted by atomic mass is 10.2. The van der Waals surface area contributed by atoms with E-state index < -0.39 is 0 Å². The first-order valence-corrected chi connectivity index (χ1v) is 6.57. The highest BCUT2D eigenvalue weighted by Gasteiger charge is 2.06. The first-order chi connectivity index (χ1) is 9.22. The zero-order chi connectivity index (χ0) is 13.7. The summed E-state index contributed by atoms with van der Waals surface area (Å²) in [5.41, 5.74) is 2.21. The van der Waals surface area contributed by atoms with E-state index in [1.54, 1.807) is 6.20 Å². The molecule has 1 N–H and O–H groups in total. The van der Waals surface area contributed by atoms with Gasteiger partial charge in [0.05, 0.1) is 0 Å². The van der Waals surface area contributed by atoms with Gasteiger partial charge in [0.2, 0.25) is 11.8 Å². The van der Waals surface area contributed by atoms with Gasteiger partial charge < -0.3 is 10.1 Å². The second kappa shape index (κ2) is 6.18. The minimum absolute atomic E-state index is 0.591. The largest absolute Gasteiger partial charge is 0.439 e. The predicted octanol–water partition coefficient (Wildman–Crippen LogP) is 3.57. The Morgan fingerprint density at radius 3 is 2.53 bits per heavy atom. The molecule has 100 valence electrons. The highest BCUT2D eigenvalue weighted by Crippen LogP contribution is 2.23. The molecule has 2 aromatic rings. The molecule has 19 heavy (non-hydrogen) atoms. The lowest BCUT2D eigenvalue weighted by Gasteiger charge is -2.09. The molecule has 0 unspecified atom stereocenters. The summed E-state index contributed by atoms with van der Waals surface area (Å²) in [5, 5.41) is 3.08. The SMILES string of the molecule is CCNc1ncc(C)c(Oc2ccc(CC)cc2)n1.